The molecule has 0 heterocycles. The molecule has 0 aliphatic heterocycles. The van der Waals surface area contributed by atoms with Crippen molar-refractivity contribution in [2.75, 3.05) is 13.2 Å². The predicted octanol–water partition coefficient (Wildman–Crippen LogP) is 4.10. The lowest BCUT2D eigenvalue weighted by Crippen LogP contribution is -2.25. The number of allylic oxidation sites excluding steroid dienone is 2. The largest absolute Gasteiger partial charge is 0.457 e. The Morgan fingerprint density at radius 1 is 0.885 bits per heavy atom. The average Bonchev–Trinajstić information content (AvgIpc) is 2.65. The van der Waals surface area contributed by atoms with Gasteiger partial charge in [0.25, 0.3) is 0 Å². The van der Waals surface area contributed by atoms with Gasteiger partial charge in [0.2, 0.25) is 5.78 Å². The summed E-state index contributed by atoms with van der Waals surface area (Å²) < 4.78 is 4.62. The van der Waals surface area contributed by atoms with Gasteiger partial charge in [0.15, 0.2) is 0 Å². The van der Waals surface area contributed by atoms with Gasteiger partial charge in [-0.3, -0.25) is 4.79 Å². The Balaban J connectivity index is 3.40. The Morgan fingerprint density at radius 2 is 1.42 bits per heavy atom. The van der Waals surface area contributed by atoms with E-state index in [2.05, 4.69) is 23.8 Å². The molecule has 5 heteroatoms. The highest BCUT2D eigenvalue weighted by Crippen LogP contribution is 2.09. The number of hydrogen-bond acceptors (Lipinski definition) is 5. The van der Waals surface area contributed by atoms with E-state index in [0.717, 1.165) is 25.7 Å². The summed E-state index contributed by atoms with van der Waals surface area (Å²) in [6, 6.07) is 0. The maximum atomic E-state index is 11.5. The molecular formula is C21H38O5. The van der Waals surface area contributed by atoms with Gasteiger partial charge in [-0.15, -0.1) is 0 Å². The number of carbonyl (C=O) groups excluding carboxylic acids is 2. The molecule has 0 saturated heterocycles. The fraction of sp³-hybridized carbons (Fsp3) is 0.810. The molecule has 0 radical (unpaired) electrons. The normalized spacial score (nSPS) is 12.4. The summed E-state index contributed by atoms with van der Waals surface area (Å²) in [7, 11) is 0. The number of aliphatic hydroxyl groups is 2. The number of rotatable bonds is 18. The molecule has 0 aromatic carbocycles. The van der Waals surface area contributed by atoms with Crippen molar-refractivity contribution < 1.29 is 24.5 Å². The van der Waals surface area contributed by atoms with Crippen molar-refractivity contribution in [2.24, 2.45) is 0 Å². The molecule has 0 aromatic heterocycles. The number of ketones is 1. The van der Waals surface area contributed by atoms with Crippen molar-refractivity contribution in [3.63, 3.8) is 0 Å². The lowest BCUT2D eigenvalue weighted by Gasteiger charge is -2.07. The number of unbranched alkanes of at least 4 members (excludes halogenated alkanes) is 10. The van der Waals surface area contributed by atoms with Crippen LogP contribution in [0.5, 0.6) is 0 Å². The highest BCUT2D eigenvalue weighted by atomic mass is 16.5. The first-order valence-electron chi connectivity index (χ1n) is 10.3. The molecule has 1 unspecified atom stereocenters. The minimum absolute atomic E-state index is 0.182. The van der Waals surface area contributed by atoms with E-state index in [1.807, 2.05) is 0 Å². The van der Waals surface area contributed by atoms with Crippen LogP contribution in [0.15, 0.2) is 12.2 Å². The maximum Gasteiger partial charge on any atom is 0.374 e. The van der Waals surface area contributed by atoms with Crippen LogP contribution in [0.1, 0.15) is 90.4 Å². The monoisotopic (exact) mass is 370 g/mol. The number of aliphatic hydroxyl groups excluding tert-OH is 2. The first-order valence-corrected chi connectivity index (χ1v) is 10.3. The van der Waals surface area contributed by atoms with Gasteiger partial charge in [0, 0.05) is 6.42 Å². The third kappa shape index (κ3) is 16.3. The summed E-state index contributed by atoms with van der Waals surface area (Å²) in [5.41, 5.74) is 0. The van der Waals surface area contributed by atoms with Crippen LogP contribution in [0.3, 0.4) is 0 Å². The molecule has 1 atom stereocenters. The van der Waals surface area contributed by atoms with E-state index in [9.17, 15) is 9.59 Å². The van der Waals surface area contributed by atoms with E-state index in [4.69, 9.17) is 10.2 Å². The maximum absolute atomic E-state index is 11.5. The molecule has 2 N–H and O–H groups in total. The number of Topliss-reactive ketones (excluding diaryl/α,β-unsaturated/α-hetero) is 1. The van der Waals surface area contributed by atoms with E-state index in [1.165, 1.54) is 44.9 Å². The molecular weight excluding hydrogens is 332 g/mol. The van der Waals surface area contributed by atoms with Crippen molar-refractivity contribution in [1.82, 2.24) is 0 Å². The van der Waals surface area contributed by atoms with Crippen LogP contribution in [0.4, 0.5) is 0 Å². The third-order valence-corrected chi connectivity index (χ3v) is 4.26. The van der Waals surface area contributed by atoms with Gasteiger partial charge in [-0.05, 0) is 32.1 Å². The summed E-state index contributed by atoms with van der Waals surface area (Å²) in [5.74, 6) is -1.48. The molecule has 0 saturated carbocycles. The van der Waals surface area contributed by atoms with Gasteiger partial charge in [0.1, 0.15) is 12.7 Å². The zero-order valence-electron chi connectivity index (χ0n) is 16.5. The Kier molecular flexibility index (Phi) is 17.7. The molecule has 152 valence electrons. The highest BCUT2D eigenvalue weighted by molar-refractivity contribution is 6.33. The molecule has 0 spiro atoms. The van der Waals surface area contributed by atoms with Gasteiger partial charge in [-0.25, -0.2) is 4.79 Å². The van der Waals surface area contributed by atoms with Crippen LogP contribution in [0, 0.1) is 0 Å². The SMILES string of the molecule is CCCCCCCC/C=C\CCCCCCC(=O)C(=O)OCC(O)CO. The summed E-state index contributed by atoms with van der Waals surface area (Å²) in [5, 5.41) is 17.7. The number of esters is 1. The standard InChI is InChI=1S/C21H38O5/c1-2-3-4-5-6-7-8-9-10-11-12-13-14-15-16-20(24)21(25)26-18-19(23)17-22/h9-10,19,22-23H,2-8,11-18H2,1H3/b10-9-. The van der Waals surface area contributed by atoms with Crippen molar-refractivity contribution >= 4 is 11.8 Å². The van der Waals surface area contributed by atoms with Crippen molar-refractivity contribution in [3.8, 4) is 0 Å². The summed E-state index contributed by atoms with van der Waals surface area (Å²) >= 11 is 0. The number of hydrogen-bond donors (Lipinski definition) is 2. The van der Waals surface area contributed by atoms with Crippen LogP contribution < -0.4 is 0 Å². The molecule has 0 amide bonds. The van der Waals surface area contributed by atoms with Crippen LogP contribution in [0.2, 0.25) is 0 Å². The minimum Gasteiger partial charge on any atom is -0.457 e. The van der Waals surface area contributed by atoms with Crippen LogP contribution >= 0.6 is 0 Å². The zero-order valence-corrected chi connectivity index (χ0v) is 16.5. The Morgan fingerprint density at radius 3 is 2.00 bits per heavy atom. The molecule has 0 rings (SSSR count). The average molecular weight is 371 g/mol. The second-order valence-electron chi connectivity index (χ2n) is 6.84. The van der Waals surface area contributed by atoms with Gasteiger partial charge >= 0.3 is 5.97 Å². The number of carbonyl (C=O) groups is 2. The fourth-order valence-corrected chi connectivity index (χ4v) is 2.59. The van der Waals surface area contributed by atoms with Gasteiger partial charge in [-0.1, -0.05) is 64.0 Å². The second-order valence-corrected chi connectivity index (χ2v) is 6.84. The van der Waals surface area contributed by atoms with Gasteiger partial charge in [0.05, 0.1) is 6.61 Å². The molecule has 26 heavy (non-hydrogen) atoms. The van der Waals surface area contributed by atoms with Crippen LogP contribution in [-0.2, 0) is 14.3 Å². The molecule has 0 bridgehead atoms. The van der Waals surface area contributed by atoms with Crippen LogP contribution in [0.25, 0.3) is 0 Å². The first-order chi connectivity index (χ1) is 12.6. The Bertz CT molecular complexity index is 379. The van der Waals surface area contributed by atoms with Crippen molar-refractivity contribution in [1.29, 1.82) is 0 Å². The second kappa shape index (κ2) is 18.6. The summed E-state index contributed by atoms with van der Waals surface area (Å²) in [4.78, 5) is 22.9. The fourth-order valence-electron chi connectivity index (χ4n) is 2.59. The smallest absolute Gasteiger partial charge is 0.374 e. The topological polar surface area (TPSA) is 83.8 Å². The molecule has 0 fully saturated rings. The van der Waals surface area contributed by atoms with Crippen molar-refractivity contribution in [2.45, 2.75) is 96.5 Å². The van der Waals surface area contributed by atoms with Crippen LogP contribution in [-0.4, -0.2) is 41.3 Å². The first kappa shape index (κ1) is 24.8. The predicted molar refractivity (Wildman–Crippen MR) is 104 cm³/mol. The van der Waals surface area contributed by atoms with Gasteiger partial charge < -0.3 is 14.9 Å². The summed E-state index contributed by atoms with van der Waals surface area (Å²) in [6.07, 6.45) is 17.6. The molecule has 0 aliphatic rings. The van der Waals surface area contributed by atoms with E-state index >= 15 is 0 Å². The minimum atomic E-state index is -1.12. The van der Waals surface area contributed by atoms with E-state index in [0.29, 0.717) is 6.42 Å². The molecule has 0 aliphatic carbocycles. The highest BCUT2D eigenvalue weighted by Gasteiger charge is 2.16. The van der Waals surface area contributed by atoms with E-state index in [1.54, 1.807) is 0 Å². The summed E-state index contributed by atoms with van der Waals surface area (Å²) in [6.45, 7) is 1.41. The lowest BCUT2D eigenvalue weighted by molar-refractivity contribution is -0.156. The zero-order chi connectivity index (χ0) is 19.5. The van der Waals surface area contributed by atoms with Gasteiger partial charge in [-0.2, -0.15) is 0 Å². The Hall–Kier alpha value is -1.20. The van der Waals surface area contributed by atoms with Crippen molar-refractivity contribution in [3.05, 3.63) is 12.2 Å². The number of ether oxygens (including phenoxy) is 1. The molecule has 5 nitrogen and oxygen atoms in total. The van der Waals surface area contributed by atoms with E-state index in [-0.39, 0.29) is 13.0 Å². The van der Waals surface area contributed by atoms with E-state index < -0.39 is 24.5 Å². The lowest BCUT2D eigenvalue weighted by atomic mass is 10.1. The third-order valence-electron chi connectivity index (χ3n) is 4.26. The quantitative estimate of drug-likeness (QED) is 0.164. The Labute approximate surface area is 158 Å². The molecule has 0 aromatic rings.